The van der Waals surface area contributed by atoms with Crippen molar-refractivity contribution < 1.29 is 4.79 Å². The first-order valence-electron chi connectivity index (χ1n) is 4.05. The maximum Gasteiger partial charge on any atom is 0.148 e. The van der Waals surface area contributed by atoms with E-state index in [2.05, 4.69) is 10.2 Å². The first-order chi connectivity index (χ1) is 5.70. The van der Waals surface area contributed by atoms with Gasteiger partial charge in [0.15, 0.2) is 0 Å². The van der Waals surface area contributed by atoms with Crippen molar-refractivity contribution in [1.82, 2.24) is 10.2 Å². The Balaban J connectivity index is 2.50. The lowest BCUT2D eigenvalue weighted by molar-refractivity contribution is -0.120. The fraction of sp³-hybridized carbons (Fsp3) is 0.500. The summed E-state index contributed by atoms with van der Waals surface area (Å²) in [6.45, 7) is 1.89. The van der Waals surface area contributed by atoms with Crippen molar-refractivity contribution in [3.8, 4) is 0 Å². The molecular weight excluding hydrogens is 154 g/mol. The highest BCUT2D eigenvalue weighted by atomic mass is 16.1. The Labute approximate surface area is 70.1 Å². The standard InChI is InChI=1S/C8H11N3O/c1-4-6(12)3-2-5-7(4)10-11-8(5)9/h4H,2-3H2,1H3,(H3,9,10,11). The monoisotopic (exact) mass is 165 g/mol. The maximum absolute atomic E-state index is 11.3. The van der Waals surface area contributed by atoms with Gasteiger partial charge in [-0.15, -0.1) is 0 Å². The second kappa shape index (κ2) is 2.33. The number of rotatable bonds is 0. The van der Waals surface area contributed by atoms with Crippen LogP contribution in [0.3, 0.4) is 0 Å². The van der Waals surface area contributed by atoms with E-state index >= 15 is 0 Å². The Morgan fingerprint density at radius 3 is 3.08 bits per heavy atom. The number of ketones is 1. The second-order valence-electron chi connectivity index (χ2n) is 3.19. The van der Waals surface area contributed by atoms with Gasteiger partial charge in [-0.1, -0.05) is 0 Å². The number of nitrogen functional groups attached to an aromatic ring is 1. The number of hydrogen-bond acceptors (Lipinski definition) is 3. The Kier molecular flexibility index (Phi) is 1.43. The summed E-state index contributed by atoms with van der Waals surface area (Å²) < 4.78 is 0. The van der Waals surface area contributed by atoms with Crippen molar-refractivity contribution >= 4 is 11.6 Å². The lowest BCUT2D eigenvalue weighted by Gasteiger charge is -2.16. The van der Waals surface area contributed by atoms with Gasteiger partial charge in [0.25, 0.3) is 0 Å². The normalized spacial score (nSPS) is 22.4. The Morgan fingerprint density at radius 1 is 1.58 bits per heavy atom. The van der Waals surface area contributed by atoms with Gasteiger partial charge < -0.3 is 5.73 Å². The van der Waals surface area contributed by atoms with Crippen LogP contribution in [0.4, 0.5) is 5.82 Å². The zero-order valence-electron chi connectivity index (χ0n) is 6.92. The fourth-order valence-corrected chi connectivity index (χ4v) is 1.64. The molecule has 1 unspecified atom stereocenters. The van der Waals surface area contributed by atoms with Crippen molar-refractivity contribution in [3.05, 3.63) is 11.3 Å². The van der Waals surface area contributed by atoms with Crippen LogP contribution in [-0.4, -0.2) is 16.0 Å². The van der Waals surface area contributed by atoms with Crippen LogP contribution in [0.2, 0.25) is 0 Å². The minimum atomic E-state index is -0.0569. The van der Waals surface area contributed by atoms with Gasteiger partial charge in [0, 0.05) is 12.0 Å². The Bertz CT molecular complexity index is 329. The average molecular weight is 165 g/mol. The van der Waals surface area contributed by atoms with Crippen molar-refractivity contribution in [2.45, 2.75) is 25.7 Å². The molecule has 1 aliphatic rings. The third kappa shape index (κ3) is 0.841. The summed E-state index contributed by atoms with van der Waals surface area (Å²) in [6, 6.07) is 0. The van der Waals surface area contributed by atoms with E-state index in [1.54, 1.807) is 0 Å². The van der Waals surface area contributed by atoms with Crippen LogP contribution in [0.25, 0.3) is 0 Å². The van der Waals surface area contributed by atoms with Gasteiger partial charge in [0.05, 0.1) is 11.6 Å². The molecule has 0 saturated heterocycles. The molecule has 0 saturated carbocycles. The maximum atomic E-state index is 11.3. The molecule has 12 heavy (non-hydrogen) atoms. The number of Topliss-reactive ketones (excluding diaryl/α,β-unsaturated/α-hetero) is 1. The van der Waals surface area contributed by atoms with Gasteiger partial charge in [-0.3, -0.25) is 9.89 Å². The molecule has 0 aromatic carbocycles. The van der Waals surface area contributed by atoms with E-state index in [1.807, 2.05) is 6.92 Å². The van der Waals surface area contributed by atoms with Crippen LogP contribution in [0.15, 0.2) is 0 Å². The number of nitrogens with zero attached hydrogens (tertiary/aromatic N) is 1. The van der Waals surface area contributed by atoms with Gasteiger partial charge in [-0.2, -0.15) is 5.10 Å². The third-order valence-corrected chi connectivity index (χ3v) is 2.47. The van der Waals surface area contributed by atoms with Gasteiger partial charge in [0.1, 0.15) is 11.6 Å². The van der Waals surface area contributed by atoms with Gasteiger partial charge >= 0.3 is 0 Å². The lowest BCUT2D eigenvalue weighted by atomic mass is 9.88. The van der Waals surface area contributed by atoms with Crippen LogP contribution in [0.1, 0.15) is 30.5 Å². The van der Waals surface area contributed by atoms with Crippen LogP contribution in [-0.2, 0) is 11.2 Å². The van der Waals surface area contributed by atoms with E-state index in [0.29, 0.717) is 12.2 Å². The number of H-pyrrole nitrogens is 1. The minimum absolute atomic E-state index is 0.0569. The number of carbonyl (C=O) groups excluding carboxylic acids is 1. The molecular formula is C8H11N3O. The highest BCUT2D eigenvalue weighted by Gasteiger charge is 2.27. The van der Waals surface area contributed by atoms with Crippen LogP contribution in [0.5, 0.6) is 0 Å². The van der Waals surface area contributed by atoms with Crippen LogP contribution < -0.4 is 5.73 Å². The number of anilines is 1. The summed E-state index contributed by atoms with van der Waals surface area (Å²) in [5, 5.41) is 6.69. The first kappa shape index (κ1) is 7.34. The SMILES string of the molecule is CC1C(=O)CCc2c(N)n[nH]c21. The Morgan fingerprint density at radius 2 is 2.33 bits per heavy atom. The van der Waals surface area contributed by atoms with Crippen molar-refractivity contribution in [1.29, 1.82) is 0 Å². The number of nitrogens with two attached hydrogens (primary N) is 1. The molecule has 4 nitrogen and oxygen atoms in total. The summed E-state index contributed by atoms with van der Waals surface area (Å²) in [6.07, 6.45) is 1.33. The van der Waals surface area contributed by atoms with Gasteiger partial charge in [-0.05, 0) is 13.3 Å². The molecule has 64 valence electrons. The number of hydrogen-bond donors (Lipinski definition) is 2. The molecule has 1 aliphatic carbocycles. The third-order valence-electron chi connectivity index (χ3n) is 2.47. The number of fused-ring (bicyclic) bond motifs is 1. The number of nitrogens with one attached hydrogen (secondary N) is 1. The molecule has 0 spiro atoms. The second-order valence-corrected chi connectivity index (χ2v) is 3.19. The zero-order chi connectivity index (χ0) is 8.72. The molecule has 1 heterocycles. The highest BCUT2D eigenvalue weighted by molar-refractivity contribution is 5.87. The van der Waals surface area contributed by atoms with Crippen LogP contribution >= 0.6 is 0 Å². The molecule has 0 aliphatic heterocycles. The lowest BCUT2D eigenvalue weighted by Crippen LogP contribution is -2.17. The number of carbonyl (C=O) groups is 1. The van der Waals surface area contributed by atoms with Gasteiger partial charge in [0.2, 0.25) is 0 Å². The van der Waals surface area contributed by atoms with E-state index < -0.39 is 0 Å². The van der Waals surface area contributed by atoms with E-state index in [-0.39, 0.29) is 11.7 Å². The molecule has 4 heteroatoms. The Hall–Kier alpha value is -1.32. The molecule has 0 fully saturated rings. The summed E-state index contributed by atoms with van der Waals surface area (Å²) in [5.41, 5.74) is 7.55. The molecule has 1 aromatic heterocycles. The summed E-state index contributed by atoms with van der Waals surface area (Å²) >= 11 is 0. The average Bonchev–Trinajstić information content (AvgIpc) is 2.41. The van der Waals surface area contributed by atoms with E-state index in [4.69, 9.17) is 5.73 Å². The molecule has 1 atom stereocenters. The highest BCUT2D eigenvalue weighted by Crippen LogP contribution is 2.29. The van der Waals surface area contributed by atoms with Crippen molar-refractivity contribution in [2.75, 3.05) is 5.73 Å². The first-order valence-corrected chi connectivity index (χ1v) is 4.05. The number of aromatic amines is 1. The van der Waals surface area contributed by atoms with Crippen molar-refractivity contribution in [3.63, 3.8) is 0 Å². The smallest absolute Gasteiger partial charge is 0.148 e. The molecule has 0 radical (unpaired) electrons. The summed E-state index contributed by atoms with van der Waals surface area (Å²) in [5.74, 6) is 0.758. The topological polar surface area (TPSA) is 71.8 Å². The van der Waals surface area contributed by atoms with Gasteiger partial charge in [-0.25, -0.2) is 0 Å². The molecule has 0 amide bonds. The molecule has 3 N–H and O–H groups in total. The predicted octanol–water partition coefficient (Wildman–Crippen LogP) is 0.611. The minimum Gasteiger partial charge on any atom is -0.382 e. The molecule has 1 aromatic rings. The van der Waals surface area contributed by atoms with Crippen LogP contribution in [0, 0.1) is 0 Å². The van der Waals surface area contributed by atoms with E-state index in [0.717, 1.165) is 17.7 Å². The largest absolute Gasteiger partial charge is 0.382 e. The fourth-order valence-electron chi connectivity index (χ4n) is 1.64. The molecule has 0 bridgehead atoms. The summed E-state index contributed by atoms with van der Waals surface area (Å²) in [4.78, 5) is 11.3. The zero-order valence-corrected chi connectivity index (χ0v) is 6.92. The summed E-state index contributed by atoms with van der Waals surface area (Å²) in [7, 11) is 0. The predicted molar refractivity (Wildman–Crippen MR) is 44.7 cm³/mol. The quantitative estimate of drug-likeness (QED) is 0.591. The van der Waals surface area contributed by atoms with E-state index in [9.17, 15) is 4.79 Å². The van der Waals surface area contributed by atoms with Crippen molar-refractivity contribution in [2.24, 2.45) is 0 Å². The molecule has 2 rings (SSSR count). The number of aromatic nitrogens is 2. The van der Waals surface area contributed by atoms with E-state index in [1.165, 1.54) is 0 Å².